The van der Waals surface area contributed by atoms with Crippen molar-refractivity contribution >= 4 is 21.5 Å². The van der Waals surface area contributed by atoms with Crippen LogP contribution in [0, 0.1) is 13.8 Å². The van der Waals surface area contributed by atoms with Crippen LogP contribution in [0.15, 0.2) is 109 Å². The minimum atomic E-state index is -0.306. The van der Waals surface area contributed by atoms with Gasteiger partial charge in [-0.15, -0.1) is 0 Å². The predicted octanol–water partition coefficient (Wildman–Crippen LogP) is 8.59. The van der Waals surface area contributed by atoms with Gasteiger partial charge >= 0.3 is 0 Å². The van der Waals surface area contributed by atoms with Crippen LogP contribution < -0.4 is 0 Å². The highest BCUT2D eigenvalue weighted by molar-refractivity contribution is 6.09. The summed E-state index contributed by atoms with van der Waals surface area (Å²) in [6.45, 7) is 4.57. The number of hydrogen-bond acceptors (Lipinski definition) is 0. The fourth-order valence-corrected chi connectivity index (χ4v) is 8.57. The minimum Gasteiger partial charge on any atom is -0.0614 e. The summed E-state index contributed by atoms with van der Waals surface area (Å²) in [4.78, 5) is 0. The molecule has 0 nitrogen and oxygen atoms in total. The average Bonchev–Trinajstić information content (AvgIpc) is 3.33. The molecule has 0 N–H and O–H groups in total. The highest BCUT2D eigenvalue weighted by Gasteiger charge is 2.69. The number of aryl methyl sites for hydroxylation is 2. The van der Waals surface area contributed by atoms with Crippen LogP contribution in [-0.4, -0.2) is 0 Å². The normalized spacial score (nSPS) is 21.8. The zero-order valence-electron chi connectivity index (χ0n) is 20.4. The van der Waals surface area contributed by atoms with Gasteiger partial charge in [0, 0.05) is 0 Å². The first-order chi connectivity index (χ1) is 17.7. The second kappa shape index (κ2) is 5.97. The van der Waals surface area contributed by atoms with Crippen molar-refractivity contribution in [3.8, 4) is 11.1 Å². The van der Waals surface area contributed by atoms with E-state index in [1.54, 1.807) is 0 Å². The summed E-state index contributed by atoms with van der Waals surface area (Å²) in [6.07, 6.45) is 0. The Hall–Kier alpha value is -4.16. The quantitative estimate of drug-likeness (QED) is 0.215. The summed E-state index contributed by atoms with van der Waals surface area (Å²) in [6, 6.07) is 42.1. The molecule has 0 spiro atoms. The molecule has 0 aromatic heterocycles. The van der Waals surface area contributed by atoms with Gasteiger partial charge in [-0.05, 0) is 85.5 Å². The first-order valence-electron chi connectivity index (χ1n) is 13.0. The van der Waals surface area contributed by atoms with E-state index in [0.717, 1.165) is 0 Å². The lowest BCUT2D eigenvalue weighted by Gasteiger charge is -2.50. The highest BCUT2D eigenvalue weighted by Crippen LogP contribution is 2.75. The van der Waals surface area contributed by atoms with Gasteiger partial charge in [0.05, 0.1) is 10.8 Å². The van der Waals surface area contributed by atoms with Crippen molar-refractivity contribution in [1.82, 2.24) is 0 Å². The van der Waals surface area contributed by atoms with Gasteiger partial charge in [-0.1, -0.05) is 115 Å². The molecule has 0 bridgehead atoms. The van der Waals surface area contributed by atoms with E-state index >= 15 is 0 Å². The fourth-order valence-electron chi connectivity index (χ4n) is 8.57. The molecule has 6 aromatic rings. The predicted molar refractivity (Wildman–Crippen MR) is 149 cm³/mol. The lowest BCUT2D eigenvalue weighted by atomic mass is 9.49. The molecule has 168 valence electrons. The maximum atomic E-state index is 2.49. The van der Waals surface area contributed by atoms with E-state index in [1.165, 1.54) is 77.2 Å². The van der Waals surface area contributed by atoms with Crippen LogP contribution in [0.3, 0.4) is 0 Å². The summed E-state index contributed by atoms with van der Waals surface area (Å²) in [5.41, 5.74) is 13.6. The van der Waals surface area contributed by atoms with E-state index < -0.39 is 0 Å². The molecule has 9 rings (SSSR count). The Labute approximate surface area is 210 Å². The molecule has 0 saturated carbocycles. The van der Waals surface area contributed by atoms with Gasteiger partial charge in [-0.25, -0.2) is 0 Å². The SMILES string of the molecule is Cc1ccc2c(c1)C13c4cccc5cccc(c45)C1(c1c(C)cccc1-2)c1cccc2cccc3c12. The summed E-state index contributed by atoms with van der Waals surface area (Å²) >= 11 is 0. The third kappa shape index (κ3) is 1.73. The van der Waals surface area contributed by atoms with Gasteiger partial charge in [0.2, 0.25) is 0 Å². The molecular weight excluding hydrogens is 432 g/mol. The number of rotatable bonds is 0. The topological polar surface area (TPSA) is 0 Å². The molecule has 0 aliphatic heterocycles. The molecule has 3 aliphatic carbocycles. The number of benzene rings is 6. The van der Waals surface area contributed by atoms with Crippen LogP contribution in [0.1, 0.15) is 44.5 Å². The standard InChI is InChI=1S/C36H24/c1-21-18-19-25-26-13-3-8-22(2)34(26)36-29-16-6-11-23-9-4-14-27(32(23)29)35(36,31(25)20-21)28-15-5-10-24-12-7-17-30(36)33(24)28/h3-20H,1-2H3. The van der Waals surface area contributed by atoms with E-state index in [1.807, 2.05) is 0 Å². The molecule has 0 unspecified atom stereocenters. The largest absolute Gasteiger partial charge is 0.0650 e. The van der Waals surface area contributed by atoms with Crippen molar-refractivity contribution in [3.05, 3.63) is 154 Å². The van der Waals surface area contributed by atoms with E-state index in [9.17, 15) is 0 Å². The Balaban J connectivity index is 1.69. The molecule has 6 aromatic carbocycles. The molecule has 36 heavy (non-hydrogen) atoms. The van der Waals surface area contributed by atoms with Crippen LogP contribution in [-0.2, 0) is 10.8 Å². The Morgan fingerprint density at radius 3 is 1.56 bits per heavy atom. The highest BCUT2D eigenvalue weighted by atomic mass is 14.7. The fraction of sp³-hybridized carbons (Fsp3) is 0.111. The minimum absolute atomic E-state index is 0.305. The summed E-state index contributed by atoms with van der Waals surface area (Å²) < 4.78 is 0. The molecule has 0 saturated heterocycles. The summed E-state index contributed by atoms with van der Waals surface area (Å²) in [5.74, 6) is 0. The van der Waals surface area contributed by atoms with Crippen LogP contribution in [0.4, 0.5) is 0 Å². The van der Waals surface area contributed by atoms with Crippen molar-refractivity contribution in [1.29, 1.82) is 0 Å². The van der Waals surface area contributed by atoms with Crippen molar-refractivity contribution in [2.24, 2.45) is 0 Å². The van der Waals surface area contributed by atoms with Crippen LogP contribution in [0.25, 0.3) is 32.7 Å². The van der Waals surface area contributed by atoms with Crippen molar-refractivity contribution in [2.45, 2.75) is 24.7 Å². The molecular formula is C36H24. The Morgan fingerprint density at radius 2 is 0.972 bits per heavy atom. The van der Waals surface area contributed by atoms with Crippen LogP contribution in [0.2, 0.25) is 0 Å². The zero-order chi connectivity index (χ0) is 23.8. The third-order valence-corrected chi connectivity index (χ3v) is 9.50. The Bertz CT molecular complexity index is 1870. The lowest BCUT2D eigenvalue weighted by Crippen LogP contribution is -2.49. The molecule has 0 fully saturated rings. The molecule has 0 heterocycles. The van der Waals surface area contributed by atoms with Crippen molar-refractivity contribution in [2.75, 3.05) is 0 Å². The first-order valence-corrected chi connectivity index (χ1v) is 13.0. The summed E-state index contributed by atoms with van der Waals surface area (Å²) in [5, 5.41) is 5.56. The lowest BCUT2D eigenvalue weighted by molar-refractivity contribution is 0.458. The van der Waals surface area contributed by atoms with Gasteiger partial charge in [-0.2, -0.15) is 0 Å². The molecule has 0 amide bonds. The molecule has 0 heteroatoms. The molecule has 0 atom stereocenters. The van der Waals surface area contributed by atoms with Crippen molar-refractivity contribution in [3.63, 3.8) is 0 Å². The maximum Gasteiger partial charge on any atom is 0.0650 e. The Morgan fingerprint density at radius 1 is 0.444 bits per heavy atom. The van der Waals surface area contributed by atoms with Gasteiger partial charge < -0.3 is 0 Å². The number of fused-ring (bicyclic) bond motifs is 3. The van der Waals surface area contributed by atoms with E-state index in [0.29, 0.717) is 0 Å². The van der Waals surface area contributed by atoms with Crippen LogP contribution >= 0.6 is 0 Å². The van der Waals surface area contributed by atoms with Gasteiger partial charge in [0.25, 0.3) is 0 Å². The van der Waals surface area contributed by atoms with E-state index in [-0.39, 0.29) is 10.8 Å². The van der Waals surface area contributed by atoms with E-state index in [2.05, 4.69) is 123 Å². The first kappa shape index (κ1) is 19.1. The smallest absolute Gasteiger partial charge is 0.0614 e. The van der Waals surface area contributed by atoms with Gasteiger partial charge in [0.1, 0.15) is 0 Å². The van der Waals surface area contributed by atoms with Crippen LogP contribution in [0.5, 0.6) is 0 Å². The number of hydrogen-bond donors (Lipinski definition) is 0. The van der Waals surface area contributed by atoms with Gasteiger partial charge in [0.15, 0.2) is 0 Å². The van der Waals surface area contributed by atoms with E-state index in [4.69, 9.17) is 0 Å². The second-order valence-corrected chi connectivity index (χ2v) is 11.0. The van der Waals surface area contributed by atoms with Gasteiger partial charge in [-0.3, -0.25) is 0 Å². The monoisotopic (exact) mass is 456 g/mol. The summed E-state index contributed by atoms with van der Waals surface area (Å²) in [7, 11) is 0. The third-order valence-electron chi connectivity index (χ3n) is 9.50. The van der Waals surface area contributed by atoms with Crippen molar-refractivity contribution < 1.29 is 0 Å². The average molecular weight is 457 g/mol. The molecule has 0 radical (unpaired) electrons. The zero-order valence-corrected chi connectivity index (χ0v) is 20.4. The second-order valence-electron chi connectivity index (χ2n) is 11.0. The maximum absolute atomic E-state index is 2.49. The Kier molecular flexibility index (Phi) is 3.16. The molecule has 3 aliphatic rings.